The second-order valence-electron chi connectivity index (χ2n) is 6.18. The smallest absolute Gasteiger partial charge is 0.0304 e. The standard InChI is InChI=1S/C16H31ClN2/c1-6-14(5)15-10-18-16(7-2,8-3)12-19(15)11-13(4)9-17/h9,14-15,18H,6-8,10-12H2,1-5H3. The summed E-state index contributed by atoms with van der Waals surface area (Å²) in [5.41, 5.74) is 3.28. The normalized spacial score (nSPS) is 26.4. The molecule has 1 N–H and O–H groups in total. The lowest BCUT2D eigenvalue weighted by molar-refractivity contribution is 0.0531. The minimum atomic E-state index is 0.288. The molecule has 1 heterocycles. The van der Waals surface area contributed by atoms with Crippen molar-refractivity contribution in [1.29, 1.82) is 0 Å². The van der Waals surface area contributed by atoms with Crippen LogP contribution in [0.1, 0.15) is 53.9 Å². The van der Waals surface area contributed by atoms with E-state index in [1.807, 2.05) is 0 Å². The summed E-state index contributed by atoms with van der Waals surface area (Å²) in [5, 5.41) is 3.82. The summed E-state index contributed by atoms with van der Waals surface area (Å²) in [6, 6.07) is 0.628. The van der Waals surface area contributed by atoms with E-state index in [9.17, 15) is 0 Å². The fourth-order valence-electron chi connectivity index (χ4n) is 3.10. The molecule has 0 saturated carbocycles. The lowest BCUT2D eigenvalue weighted by atomic mass is 9.85. The van der Waals surface area contributed by atoms with Gasteiger partial charge in [0.1, 0.15) is 0 Å². The summed E-state index contributed by atoms with van der Waals surface area (Å²) >= 11 is 5.87. The molecule has 2 atom stereocenters. The van der Waals surface area contributed by atoms with Crippen molar-refractivity contribution in [2.45, 2.75) is 65.5 Å². The Morgan fingerprint density at radius 1 is 1.42 bits per heavy atom. The van der Waals surface area contributed by atoms with Gasteiger partial charge in [-0.25, -0.2) is 0 Å². The summed E-state index contributed by atoms with van der Waals surface area (Å²) in [6.07, 6.45) is 3.62. The third kappa shape index (κ3) is 4.21. The Bertz CT molecular complexity index is 297. The van der Waals surface area contributed by atoms with Gasteiger partial charge in [0.2, 0.25) is 0 Å². The van der Waals surface area contributed by atoms with Crippen molar-refractivity contribution in [2.75, 3.05) is 19.6 Å². The topological polar surface area (TPSA) is 15.3 Å². The van der Waals surface area contributed by atoms with Gasteiger partial charge in [0.15, 0.2) is 0 Å². The Balaban J connectivity index is 2.85. The fraction of sp³-hybridized carbons (Fsp3) is 0.875. The largest absolute Gasteiger partial charge is 0.308 e. The van der Waals surface area contributed by atoms with Gasteiger partial charge in [-0.15, -0.1) is 0 Å². The molecule has 0 aliphatic carbocycles. The summed E-state index contributed by atoms with van der Waals surface area (Å²) in [4.78, 5) is 2.64. The van der Waals surface area contributed by atoms with E-state index in [4.69, 9.17) is 11.6 Å². The van der Waals surface area contributed by atoms with E-state index < -0.39 is 0 Å². The van der Waals surface area contributed by atoms with Gasteiger partial charge in [-0.2, -0.15) is 0 Å². The Kier molecular flexibility index (Phi) is 6.85. The number of piperazine rings is 1. The van der Waals surface area contributed by atoms with Crippen molar-refractivity contribution >= 4 is 11.6 Å². The highest BCUT2D eigenvalue weighted by Crippen LogP contribution is 2.27. The second kappa shape index (κ2) is 7.66. The van der Waals surface area contributed by atoms with Crippen molar-refractivity contribution in [3.8, 4) is 0 Å². The lowest BCUT2D eigenvalue weighted by Crippen LogP contribution is -2.65. The number of nitrogens with zero attached hydrogens (tertiary/aromatic N) is 1. The first-order valence-corrected chi connectivity index (χ1v) is 8.20. The van der Waals surface area contributed by atoms with Crippen molar-refractivity contribution < 1.29 is 0 Å². The van der Waals surface area contributed by atoms with Crippen LogP contribution in [0, 0.1) is 5.92 Å². The van der Waals surface area contributed by atoms with Crippen LogP contribution in [-0.2, 0) is 0 Å². The van der Waals surface area contributed by atoms with Crippen LogP contribution in [0.3, 0.4) is 0 Å². The quantitative estimate of drug-likeness (QED) is 0.794. The third-order valence-electron chi connectivity index (χ3n) is 4.95. The van der Waals surface area contributed by atoms with E-state index in [1.54, 1.807) is 5.54 Å². The Hall–Kier alpha value is -0.0500. The van der Waals surface area contributed by atoms with Gasteiger partial charge in [0.25, 0.3) is 0 Å². The molecule has 2 unspecified atom stereocenters. The van der Waals surface area contributed by atoms with Crippen LogP contribution in [-0.4, -0.2) is 36.1 Å². The Morgan fingerprint density at radius 2 is 2.05 bits per heavy atom. The SMILES string of the molecule is CCC(C)C1CNC(CC)(CC)CN1CC(C)=CCl. The highest BCUT2D eigenvalue weighted by Gasteiger charge is 2.38. The van der Waals surface area contributed by atoms with Gasteiger partial charge in [-0.1, -0.05) is 45.7 Å². The van der Waals surface area contributed by atoms with Gasteiger partial charge in [-0.3, -0.25) is 4.90 Å². The van der Waals surface area contributed by atoms with Gasteiger partial charge < -0.3 is 5.32 Å². The molecule has 19 heavy (non-hydrogen) atoms. The molecule has 0 aromatic rings. The summed E-state index contributed by atoms with van der Waals surface area (Å²) < 4.78 is 0. The molecule has 3 heteroatoms. The van der Waals surface area contributed by atoms with Crippen LogP contribution in [0.5, 0.6) is 0 Å². The molecular weight excluding hydrogens is 256 g/mol. The van der Waals surface area contributed by atoms with Crippen LogP contribution < -0.4 is 5.32 Å². The predicted molar refractivity (Wildman–Crippen MR) is 85.7 cm³/mol. The molecule has 1 aliphatic heterocycles. The van der Waals surface area contributed by atoms with Crippen molar-refractivity contribution in [2.24, 2.45) is 5.92 Å². The maximum Gasteiger partial charge on any atom is 0.0304 e. The molecule has 1 rings (SSSR count). The van der Waals surface area contributed by atoms with E-state index in [-0.39, 0.29) is 5.54 Å². The number of nitrogens with one attached hydrogen (secondary N) is 1. The molecule has 0 aromatic heterocycles. The minimum absolute atomic E-state index is 0.288. The number of hydrogen-bond donors (Lipinski definition) is 1. The molecule has 0 amide bonds. The van der Waals surface area contributed by atoms with E-state index in [0.29, 0.717) is 6.04 Å². The van der Waals surface area contributed by atoms with Crippen LogP contribution >= 0.6 is 11.6 Å². The van der Waals surface area contributed by atoms with Crippen LogP contribution in [0.2, 0.25) is 0 Å². The second-order valence-corrected chi connectivity index (χ2v) is 6.40. The number of rotatable bonds is 6. The first-order valence-electron chi connectivity index (χ1n) is 7.76. The lowest BCUT2D eigenvalue weighted by Gasteiger charge is -2.49. The molecule has 2 nitrogen and oxygen atoms in total. The van der Waals surface area contributed by atoms with E-state index >= 15 is 0 Å². The first kappa shape index (κ1) is 17.0. The molecule has 0 radical (unpaired) electrons. The van der Waals surface area contributed by atoms with Crippen molar-refractivity contribution in [3.63, 3.8) is 0 Å². The zero-order chi connectivity index (χ0) is 14.5. The van der Waals surface area contributed by atoms with E-state index in [2.05, 4.69) is 44.8 Å². The summed E-state index contributed by atoms with van der Waals surface area (Å²) in [5.74, 6) is 0.724. The molecule has 112 valence electrons. The average molecular weight is 287 g/mol. The Morgan fingerprint density at radius 3 is 2.53 bits per heavy atom. The maximum atomic E-state index is 5.87. The van der Waals surface area contributed by atoms with Crippen molar-refractivity contribution in [3.05, 3.63) is 11.1 Å². The predicted octanol–water partition coefficient (Wildman–Crippen LogP) is 4.01. The average Bonchev–Trinajstić information content (AvgIpc) is 2.46. The van der Waals surface area contributed by atoms with E-state index in [1.165, 1.54) is 24.8 Å². The maximum absolute atomic E-state index is 5.87. The molecule has 1 aliphatic rings. The zero-order valence-electron chi connectivity index (χ0n) is 13.3. The first-order chi connectivity index (χ1) is 9.01. The van der Waals surface area contributed by atoms with Crippen LogP contribution in [0.15, 0.2) is 11.1 Å². The highest BCUT2D eigenvalue weighted by molar-refractivity contribution is 6.25. The van der Waals surface area contributed by atoms with E-state index in [0.717, 1.165) is 25.6 Å². The molecule has 1 saturated heterocycles. The highest BCUT2D eigenvalue weighted by atomic mass is 35.5. The molecule has 0 spiro atoms. The molecular formula is C16H31ClN2. The molecule has 0 aromatic carbocycles. The summed E-state index contributed by atoms with van der Waals surface area (Å²) in [7, 11) is 0. The number of hydrogen-bond acceptors (Lipinski definition) is 2. The van der Waals surface area contributed by atoms with Crippen molar-refractivity contribution in [1.82, 2.24) is 10.2 Å². The molecule has 0 bridgehead atoms. The Labute approximate surface area is 124 Å². The third-order valence-corrected chi connectivity index (χ3v) is 5.33. The fourth-order valence-corrected chi connectivity index (χ4v) is 3.17. The monoisotopic (exact) mass is 286 g/mol. The van der Waals surface area contributed by atoms with Crippen LogP contribution in [0.25, 0.3) is 0 Å². The van der Waals surface area contributed by atoms with Gasteiger partial charge in [0, 0.05) is 36.8 Å². The van der Waals surface area contributed by atoms with Gasteiger partial charge in [-0.05, 0) is 31.3 Å². The van der Waals surface area contributed by atoms with Crippen LogP contribution in [0.4, 0.5) is 0 Å². The number of halogens is 1. The minimum Gasteiger partial charge on any atom is -0.308 e. The van der Waals surface area contributed by atoms with Gasteiger partial charge in [0.05, 0.1) is 0 Å². The molecule has 1 fully saturated rings. The zero-order valence-corrected chi connectivity index (χ0v) is 14.1. The summed E-state index contributed by atoms with van der Waals surface area (Å²) in [6.45, 7) is 14.6. The van der Waals surface area contributed by atoms with Gasteiger partial charge >= 0.3 is 0 Å².